The van der Waals surface area contributed by atoms with Crippen LogP contribution in [0.5, 0.6) is 0 Å². The predicted molar refractivity (Wildman–Crippen MR) is 482 cm³/mol. The Hall–Kier alpha value is -15.6. The van der Waals surface area contributed by atoms with Crippen molar-refractivity contribution < 1.29 is 0 Å². The molecule has 0 aliphatic carbocycles. The quantitative estimate of drug-likeness (QED) is 0.118. The molecule has 0 amide bonds. The highest BCUT2D eigenvalue weighted by Gasteiger charge is 2.20. The lowest BCUT2D eigenvalue weighted by atomic mass is 9.93. The number of fused-ring (bicyclic) bond motifs is 11. The molecule has 0 aliphatic heterocycles. The molecule has 542 valence electrons. The molecule has 0 atom stereocenters. The third kappa shape index (κ3) is 13.9. The Kier molecular flexibility index (Phi) is 18.5. The van der Waals surface area contributed by atoms with Crippen LogP contribution in [0.25, 0.3) is 210 Å². The van der Waals surface area contributed by atoms with E-state index in [1.165, 1.54) is 81.9 Å². The van der Waals surface area contributed by atoms with Crippen LogP contribution in [-0.4, -0.2) is 39.9 Å². The van der Waals surface area contributed by atoms with Gasteiger partial charge in [-0.2, -0.15) is 0 Å². The van der Waals surface area contributed by atoms with Crippen molar-refractivity contribution in [3.8, 4) is 123 Å². The summed E-state index contributed by atoms with van der Waals surface area (Å²) in [6, 6.07) is 140. The van der Waals surface area contributed by atoms with Gasteiger partial charge in [-0.15, -0.1) is 0 Å². The van der Waals surface area contributed by atoms with Gasteiger partial charge in [0.1, 0.15) is 0 Å². The number of hydrogen-bond acceptors (Lipinski definition) is 8. The van der Waals surface area contributed by atoms with Crippen LogP contribution in [0.1, 0.15) is 0 Å². The fourth-order valence-corrected chi connectivity index (χ4v) is 16.1. The van der Waals surface area contributed by atoms with Gasteiger partial charge in [0, 0.05) is 79.5 Å². The molecule has 0 saturated heterocycles. The minimum Gasteiger partial charge on any atom is -0.256 e. The van der Waals surface area contributed by atoms with Crippen molar-refractivity contribution in [1.82, 2.24) is 39.9 Å². The second-order valence-corrected chi connectivity index (χ2v) is 28.9. The van der Waals surface area contributed by atoms with Gasteiger partial charge in [0.05, 0.1) is 67.4 Å². The van der Waals surface area contributed by atoms with Gasteiger partial charge in [-0.3, -0.25) is 19.9 Å². The molecule has 8 nitrogen and oxygen atoms in total. The number of benzene rings is 14. The van der Waals surface area contributed by atoms with Gasteiger partial charge in [0.2, 0.25) is 0 Å². The summed E-state index contributed by atoms with van der Waals surface area (Å²) in [6.07, 6.45) is 7.40. The largest absolute Gasteiger partial charge is 0.256 e. The molecule has 22 aromatic rings. The molecule has 0 radical (unpaired) electrons. The Morgan fingerprint density at radius 2 is 0.526 bits per heavy atom. The smallest absolute Gasteiger partial charge is 0.0900 e. The summed E-state index contributed by atoms with van der Waals surface area (Å²) in [5, 5.41) is 13.2. The van der Waals surface area contributed by atoms with E-state index in [2.05, 4.69) is 366 Å². The van der Waals surface area contributed by atoms with Gasteiger partial charge in [-0.1, -0.05) is 291 Å². The molecular weight excluding hydrogens is 1410 g/mol. The number of pyridine rings is 8. The Morgan fingerprint density at radius 3 is 1.00 bits per heavy atom. The van der Waals surface area contributed by atoms with E-state index in [9.17, 15) is 0 Å². The third-order valence-corrected chi connectivity index (χ3v) is 21.7. The fourth-order valence-electron chi connectivity index (χ4n) is 16.1. The Bertz CT molecular complexity index is 7380. The summed E-state index contributed by atoms with van der Waals surface area (Å²) in [4.78, 5) is 39.0. The van der Waals surface area contributed by atoms with Gasteiger partial charge < -0.3 is 0 Å². The second kappa shape index (κ2) is 30.9. The molecule has 8 heteroatoms. The predicted octanol–water partition coefficient (Wildman–Crippen LogP) is 27.8. The highest BCUT2D eigenvalue weighted by Crippen LogP contribution is 2.43. The first-order valence-electron chi connectivity index (χ1n) is 39.0. The molecule has 0 aliphatic rings. The van der Waals surface area contributed by atoms with E-state index in [1.807, 2.05) is 67.0 Å². The molecule has 0 spiro atoms. The zero-order valence-corrected chi connectivity index (χ0v) is 63.0. The average Bonchev–Trinajstić information content (AvgIpc) is 0.762. The molecular formula is C108H70N8. The van der Waals surface area contributed by atoms with Gasteiger partial charge >= 0.3 is 0 Å². The van der Waals surface area contributed by atoms with E-state index in [0.29, 0.717) is 0 Å². The molecule has 0 unspecified atom stereocenters. The standard InChI is InChI=1S/C40H26N4.2C34H22N2/c1-2-11-27(12-3-1)33-26-37(43-36-20-19-28-13-4-5-16-32(28)40(33)36)30-15-10-14-29(23-30)31-24-38(34-17-6-8-21-41-34)44-39(25-31)35-18-7-9-22-42-35;1-2-9-23(10-3-1)30-21-33(36-32-18-17-24-11-4-6-15-29(24)34(30)32)27-14-8-13-25(19-27)28-20-26-12-5-7-16-31(26)35-22-28;1-2-9-23(10-3-1)30-22-32(36-31-19-18-24-11-4-5-16-28(24)33(30)31)27-14-6-13-26(21-27)29-17-7-12-25-15-8-20-35-34(25)29/h1-26H;2*1-22H. The highest BCUT2D eigenvalue weighted by atomic mass is 14.8. The summed E-state index contributed by atoms with van der Waals surface area (Å²) in [7, 11) is 0. The van der Waals surface area contributed by atoms with Gasteiger partial charge in [-0.05, 0) is 197 Å². The van der Waals surface area contributed by atoms with Crippen LogP contribution in [0.2, 0.25) is 0 Å². The van der Waals surface area contributed by atoms with Crippen molar-refractivity contribution >= 4 is 86.8 Å². The summed E-state index contributed by atoms with van der Waals surface area (Å²) >= 11 is 0. The number of nitrogens with zero attached hydrogens (tertiary/aromatic N) is 8. The molecule has 14 aromatic carbocycles. The minimum absolute atomic E-state index is 0.802. The number of rotatable bonds is 11. The molecule has 8 heterocycles. The number of para-hydroxylation sites is 2. The van der Waals surface area contributed by atoms with Crippen LogP contribution in [0.15, 0.2) is 425 Å². The SMILES string of the molecule is c1ccc(-c2cc(-c3cccc(-c4cc(-c5ccccn5)nc(-c5ccccn5)c4)c3)nc3ccc4ccccc4c23)cc1.c1ccc(-c2cc(-c3cccc(-c4cccc5cccnc45)c3)nc3ccc4ccccc4c23)cc1.c1ccc(-c2cc(-c3cccc(-c4cnc5ccccc5c4)c3)nc3ccc4ccccc4c23)cc1. The fraction of sp³-hybridized carbons (Fsp3) is 0. The van der Waals surface area contributed by atoms with Crippen molar-refractivity contribution in [3.63, 3.8) is 0 Å². The topological polar surface area (TPSA) is 103 Å². The minimum atomic E-state index is 0.802. The van der Waals surface area contributed by atoms with E-state index in [-0.39, 0.29) is 0 Å². The van der Waals surface area contributed by atoms with Crippen LogP contribution in [0.4, 0.5) is 0 Å². The van der Waals surface area contributed by atoms with E-state index >= 15 is 0 Å². The second-order valence-electron chi connectivity index (χ2n) is 28.9. The number of aromatic nitrogens is 8. The lowest BCUT2D eigenvalue weighted by Crippen LogP contribution is -1.94. The highest BCUT2D eigenvalue weighted by molar-refractivity contribution is 6.16. The molecule has 0 N–H and O–H groups in total. The van der Waals surface area contributed by atoms with Gasteiger partial charge in [-0.25, -0.2) is 19.9 Å². The van der Waals surface area contributed by atoms with E-state index in [1.54, 1.807) is 12.4 Å². The summed E-state index contributed by atoms with van der Waals surface area (Å²) in [5.74, 6) is 0. The Labute approximate surface area is 670 Å². The van der Waals surface area contributed by atoms with Crippen molar-refractivity contribution in [2.45, 2.75) is 0 Å². The third-order valence-electron chi connectivity index (χ3n) is 21.7. The maximum absolute atomic E-state index is 5.21. The average molecular weight is 1480 g/mol. The molecule has 22 rings (SSSR count). The van der Waals surface area contributed by atoms with Gasteiger partial charge in [0.15, 0.2) is 0 Å². The van der Waals surface area contributed by atoms with Crippen LogP contribution in [0, 0.1) is 0 Å². The van der Waals surface area contributed by atoms with Crippen LogP contribution in [0.3, 0.4) is 0 Å². The summed E-state index contributed by atoms with van der Waals surface area (Å²) in [6.45, 7) is 0. The molecule has 0 fully saturated rings. The first-order chi connectivity index (χ1) is 57.5. The molecule has 116 heavy (non-hydrogen) atoms. The van der Waals surface area contributed by atoms with Gasteiger partial charge in [0.25, 0.3) is 0 Å². The van der Waals surface area contributed by atoms with Crippen molar-refractivity contribution in [3.05, 3.63) is 425 Å². The van der Waals surface area contributed by atoms with E-state index in [0.717, 1.165) is 128 Å². The van der Waals surface area contributed by atoms with Crippen molar-refractivity contribution in [1.29, 1.82) is 0 Å². The molecule has 0 bridgehead atoms. The Balaban J connectivity index is 0.000000113. The molecule has 8 aromatic heterocycles. The zero-order chi connectivity index (χ0) is 77.1. The summed E-state index contributed by atoms with van der Waals surface area (Å²) in [5.41, 5.74) is 28.1. The maximum atomic E-state index is 5.21. The maximum Gasteiger partial charge on any atom is 0.0900 e. The zero-order valence-electron chi connectivity index (χ0n) is 63.0. The van der Waals surface area contributed by atoms with Crippen LogP contribution < -0.4 is 0 Å². The van der Waals surface area contributed by atoms with Crippen LogP contribution >= 0.6 is 0 Å². The van der Waals surface area contributed by atoms with E-state index < -0.39 is 0 Å². The summed E-state index contributed by atoms with van der Waals surface area (Å²) < 4.78 is 0. The number of hydrogen-bond donors (Lipinski definition) is 0. The monoisotopic (exact) mass is 1480 g/mol. The first kappa shape index (κ1) is 69.5. The lowest BCUT2D eigenvalue weighted by Gasteiger charge is -2.14. The van der Waals surface area contributed by atoms with Crippen LogP contribution in [-0.2, 0) is 0 Å². The van der Waals surface area contributed by atoms with Crippen molar-refractivity contribution in [2.24, 2.45) is 0 Å². The van der Waals surface area contributed by atoms with E-state index in [4.69, 9.17) is 19.9 Å². The van der Waals surface area contributed by atoms with Crippen molar-refractivity contribution in [2.75, 3.05) is 0 Å². The first-order valence-corrected chi connectivity index (χ1v) is 39.0. The Morgan fingerprint density at radius 1 is 0.155 bits per heavy atom. The molecule has 0 saturated carbocycles. The lowest BCUT2D eigenvalue weighted by molar-refractivity contribution is 1.22. The normalized spacial score (nSPS) is 11.3.